The molecule has 0 saturated heterocycles. The van der Waals surface area contributed by atoms with E-state index in [1.54, 1.807) is 18.2 Å². The lowest BCUT2D eigenvalue weighted by atomic mass is 10.3. The number of nitrogens with one attached hydrogen (secondary N) is 2. The van der Waals surface area contributed by atoms with Gasteiger partial charge < -0.3 is 0 Å². The Balaban J connectivity index is 1.80. The molecule has 8 heteroatoms. The number of hydrazine groups is 1. The van der Waals surface area contributed by atoms with E-state index in [1.165, 1.54) is 18.0 Å². The van der Waals surface area contributed by atoms with E-state index in [4.69, 9.17) is 0 Å². The van der Waals surface area contributed by atoms with Crippen LogP contribution in [0.4, 0.5) is 0 Å². The highest BCUT2D eigenvalue weighted by Crippen LogP contribution is 2.13. The average molecular weight is 317 g/mol. The number of aromatic nitrogens is 3. The first-order valence-electron chi connectivity index (χ1n) is 6.50. The molecule has 114 valence electrons. The SMILES string of the molecule is Cc1cc(C)nc(SCC(=O)NNC(=O)c2ccccn2)n1. The van der Waals surface area contributed by atoms with Gasteiger partial charge in [-0.25, -0.2) is 9.97 Å². The summed E-state index contributed by atoms with van der Waals surface area (Å²) in [6, 6.07) is 6.81. The number of carbonyl (C=O) groups is 2. The largest absolute Gasteiger partial charge is 0.288 e. The molecule has 0 aliphatic heterocycles. The standard InChI is InChI=1S/C14H15N5O2S/c1-9-7-10(2)17-14(16-9)22-8-12(20)18-19-13(21)11-5-3-4-6-15-11/h3-7H,8H2,1-2H3,(H,18,20)(H,19,21). The maximum atomic E-state index is 11.7. The number of aryl methyl sites for hydroxylation is 2. The van der Waals surface area contributed by atoms with E-state index in [0.717, 1.165) is 11.4 Å². The summed E-state index contributed by atoms with van der Waals surface area (Å²) in [6.45, 7) is 3.73. The van der Waals surface area contributed by atoms with Crippen LogP contribution in [-0.4, -0.2) is 32.5 Å². The average Bonchev–Trinajstić information content (AvgIpc) is 2.50. The molecule has 7 nitrogen and oxygen atoms in total. The van der Waals surface area contributed by atoms with Crippen molar-refractivity contribution in [2.45, 2.75) is 19.0 Å². The lowest BCUT2D eigenvalue weighted by Crippen LogP contribution is -2.42. The highest BCUT2D eigenvalue weighted by Gasteiger charge is 2.09. The molecule has 2 N–H and O–H groups in total. The minimum Gasteiger partial charge on any atom is -0.272 e. The zero-order valence-corrected chi connectivity index (χ0v) is 13.0. The molecule has 2 heterocycles. The fourth-order valence-electron chi connectivity index (χ4n) is 1.61. The Kier molecular flexibility index (Phi) is 5.42. The van der Waals surface area contributed by atoms with Crippen LogP contribution >= 0.6 is 11.8 Å². The van der Waals surface area contributed by atoms with Gasteiger partial charge in [-0.3, -0.25) is 25.4 Å². The first-order valence-corrected chi connectivity index (χ1v) is 7.48. The van der Waals surface area contributed by atoms with Crippen LogP contribution in [-0.2, 0) is 4.79 Å². The molecule has 0 spiro atoms. The Bertz CT molecular complexity index is 658. The monoisotopic (exact) mass is 317 g/mol. The van der Waals surface area contributed by atoms with Crippen molar-refractivity contribution < 1.29 is 9.59 Å². The molecule has 22 heavy (non-hydrogen) atoms. The van der Waals surface area contributed by atoms with Gasteiger partial charge >= 0.3 is 0 Å². The third-order valence-corrected chi connectivity index (χ3v) is 3.35. The number of hydrogen-bond acceptors (Lipinski definition) is 6. The summed E-state index contributed by atoms with van der Waals surface area (Å²) >= 11 is 1.20. The Morgan fingerprint density at radius 2 is 1.86 bits per heavy atom. The summed E-state index contributed by atoms with van der Waals surface area (Å²) in [5.74, 6) is -0.718. The zero-order valence-electron chi connectivity index (χ0n) is 12.2. The first-order chi connectivity index (χ1) is 10.5. The number of amides is 2. The van der Waals surface area contributed by atoms with Crippen molar-refractivity contribution in [3.05, 3.63) is 47.5 Å². The second kappa shape index (κ2) is 7.51. The molecular formula is C14H15N5O2S. The topological polar surface area (TPSA) is 96.9 Å². The van der Waals surface area contributed by atoms with E-state index >= 15 is 0 Å². The van der Waals surface area contributed by atoms with Gasteiger partial charge in [-0.2, -0.15) is 0 Å². The van der Waals surface area contributed by atoms with E-state index < -0.39 is 5.91 Å². The fourth-order valence-corrected chi connectivity index (χ4v) is 2.36. The Labute approximate surface area is 131 Å². The van der Waals surface area contributed by atoms with E-state index in [-0.39, 0.29) is 17.4 Å². The fraction of sp³-hybridized carbons (Fsp3) is 0.214. The van der Waals surface area contributed by atoms with E-state index in [0.29, 0.717) is 5.16 Å². The van der Waals surface area contributed by atoms with Gasteiger partial charge in [0.05, 0.1) is 5.75 Å². The molecule has 2 aromatic rings. The van der Waals surface area contributed by atoms with Crippen molar-refractivity contribution in [1.82, 2.24) is 25.8 Å². The van der Waals surface area contributed by atoms with Gasteiger partial charge in [0.2, 0.25) is 5.91 Å². The third-order valence-electron chi connectivity index (χ3n) is 2.51. The van der Waals surface area contributed by atoms with Crippen LogP contribution in [0.2, 0.25) is 0 Å². The predicted molar refractivity (Wildman–Crippen MR) is 82.1 cm³/mol. The second-order valence-electron chi connectivity index (χ2n) is 4.44. The van der Waals surface area contributed by atoms with E-state index in [9.17, 15) is 9.59 Å². The van der Waals surface area contributed by atoms with Crippen molar-refractivity contribution in [3.63, 3.8) is 0 Å². The zero-order chi connectivity index (χ0) is 15.9. The smallest absolute Gasteiger partial charge is 0.272 e. The third kappa shape index (κ3) is 4.81. The van der Waals surface area contributed by atoms with Crippen molar-refractivity contribution in [2.75, 3.05) is 5.75 Å². The van der Waals surface area contributed by atoms with Crippen LogP contribution in [0.3, 0.4) is 0 Å². The van der Waals surface area contributed by atoms with E-state index in [2.05, 4.69) is 25.8 Å². The number of carbonyl (C=O) groups excluding carboxylic acids is 2. The predicted octanol–water partition coefficient (Wildman–Crippen LogP) is 1.04. The Hall–Kier alpha value is -2.48. The Morgan fingerprint density at radius 1 is 1.14 bits per heavy atom. The molecule has 0 radical (unpaired) electrons. The number of hydrogen-bond donors (Lipinski definition) is 2. The van der Waals surface area contributed by atoms with Gasteiger partial charge in [0.1, 0.15) is 5.69 Å². The second-order valence-corrected chi connectivity index (χ2v) is 5.38. The lowest BCUT2D eigenvalue weighted by Gasteiger charge is -2.06. The van der Waals surface area contributed by atoms with E-state index in [1.807, 2.05) is 19.9 Å². The van der Waals surface area contributed by atoms with Crippen LogP contribution in [0.5, 0.6) is 0 Å². The minimum absolute atomic E-state index is 0.103. The molecule has 0 unspecified atom stereocenters. The van der Waals surface area contributed by atoms with Crippen LogP contribution in [0.25, 0.3) is 0 Å². The molecule has 0 aromatic carbocycles. The van der Waals surface area contributed by atoms with Gasteiger partial charge in [0.15, 0.2) is 5.16 Å². The number of rotatable bonds is 4. The minimum atomic E-state index is -0.471. The highest BCUT2D eigenvalue weighted by atomic mass is 32.2. The summed E-state index contributed by atoms with van der Waals surface area (Å²) in [7, 11) is 0. The summed E-state index contributed by atoms with van der Waals surface area (Å²) < 4.78 is 0. The van der Waals surface area contributed by atoms with Gasteiger partial charge in [-0.05, 0) is 32.0 Å². The maximum Gasteiger partial charge on any atom is 0.288 e. The first kappa shape index (κ1) is 15.9. The number of thioether (sulfide) groups is 1. The lowest BCUT2D eigenvalue weighted by molar-refractivity contribution is -0.119. The van der Waals surface area contributed by atoms with Crippen LogP contribution in [0, 0.1) is 13.8 Å². The van der Waals surface area contributed by atoms with Crippen LogP contribution in [0.15, 0.2) is 35.6 Å². The normalized spacial score (nSPS) is 10.1. The highest BCUT2D eigenvalue weighted by molar-refractivity contribution is 7.99. The molecule has 0 bridgehead atoms. The molecule has 0 atom stereocenters. The molecular weight excluding hydrogens is 302 g/mol. The molecule has 2 aromatic heterocycles. The maximum absolute atomic E-state index is 11.7. The summed E-state index contributed by atoms with van der Waals surface area (Å²) in [5.41, 5.74) is 6.55. The van der Waals surface area contributed by atoms with Gasteiger partial charge in [0.25, 0.3) is 5.91 Å². The van der Waals surface area contributed by atoms with Crippen LogP contribution in [0.1, 0.15) is 21.9 Å². The molecule has 0 fully saturated rings. The van der Waals surface area contributed by atoms with Gasteiger partial charge in [-0.15, -0.1) is 0 Å². The van der Waals surface area contributed by atoms with Crippen molar-refractivity contribution >= 4 is 23.6 Å². The summed E-state index contributed by atoms with van der Waals surface area (Å²) in [4.78, 5) is 35.7. The Morgan fingerprint density at radius 3 is 2.50 bits per heavy atom. The summed E-state index contributed by atoms with van der Waals surface area (Å²) in [6.07, 6.45) is 1.50. The summed E-state index contributed by atoms with van der Waals surface area (Å²) in [5, 5.41) is 0.531. The molecule has 0 saturated carbocycles. The van der Waals surface area contributed by atoms with Crippen molar-refractivity contribution in [2.24, 2.45) is 0 Å². The number of pyridine rings is 1. The van der Waals surface area contributed by atoms with Gasteiger partial charge in [-0.1, -0.05) is 17.8 Å². The van der Waals surface area contributed by atoms with Crippen LogP contribution < -0.4 is 10.9 Å². The van der Waals surface area contributed by atoms with Crippen molar-refractivity contribution in [3.8, 4) is 0 Å². The van der Waals surface area contributed by atoms with Gasteiger partial charge in [0, 0.05) is 17.6 Å². The molecule has 2 rings (SSSR count). The molecule has 2 amide bonds. The quantitative estimate of drug-likeness (QED) is 0.497. The van der Waals surface area contributed by atoms with Crippen molar-refractivity contribution in [1.29, 1.82) is 0 Å². The number of nitrogens with zero attached hydrogens (tertiary/aromatic N) is 3. The molecule has 0 aliphatic rings. The molecule has 0 aliphatic carbocycles.